The molecule has 0 saturated carbocycles. The van der Waals surface area contributed by atoms with E-state index in [2.05, 4.69) is 16.0 Å². The van der Waals surface area contributed by atoms with E-state index in [0.717, 1.165) is 16.9 Å². The first-order valence-corrected chi connectivity index (χ1v) is 16.5. The highest BCUT2D eigenvalue weighted by Gasteiger charge is 2.38. The summed E-state index contributed by atoms with van der Waals surface area (Å²) in [6, 6.07) is 14.7. The molecule has 0 aliphatic carbocycles. The Balaban J connectivity index is 1.24. The number of anilines is 3. The molecule has 1 unspecified atom stereocenters. The Bertz CT molecular complexity index is 1720. The normalized spacial score (nSPS) is 19.5. The second-order valence-electron chi connectivity index (χ2n) is 11.4. The Hall–Kier alpha value is -4.65. The lowest BCUT2D eigenvalue weighted by atomic mass is 10.1. The lowest BCUT2D eigenvalue weighted by molar-refractivity contribution is 0.0475. The molecule has 2 aromatic carbocycles. The summed E-state index contributed by atoms with van der Waals surface area (Å²) in [6.45, 7) is 6.14. The lowest BCUT2D eigenvalue weighted by Gasteiger charge is -2.36. The van der Waals surface area contributed by atoms with Crippen molar-refractivity contribution in [3.05, 3.63) is 83.0 Å². The third-order valence-electron chi connectivity index (χ3n) is 8.29. The Labute approximate surface area is 262 Å². The molecule has 4 heterocycles. The van der Waals surface area contributed by atoms with Gasteiger partial charge in [0.05, 0.1) is 22.6 Å². The summed E-state index contributed by atoms with van der Waals surface area (Å²) in [4.78, 5) is 49.1. The molecular weight excluding hydrogens is 598 g/mol. The van der Waals surface area contributed by atoms with Crippen molar-refractivity contribution >= 4 is 45.2 Å². The van der Waals surface area contributed by atoms with E-state index in [1.165, 1.54) is 9.21 Å². The van der Waals surface area contributed by atoms with Crippen molar-refractivity contribution in [1.29, 1.82) is 0 Å². The number of cyclic esters (lactones) is 1. The molecule has 3 fully saturated rings. The molecule has 3 aliphatic rings. The molecule has 0 N–H and O–H groups in total. The number of hydrogen-bond donors (Lipinski definition) is 0. The van der Waals surface area contributed by atoms with Gasteiger partial charge in [-0.25, -0.2) is 23.0 Å². The highest BCUT2D eigenvalue weighted by Crippen LogP contribution is 2.35. The van der Waals surface area contributed by atoms with E-state index in [1.807, 2.05) is 20.0 Å². The van der Waals surface area contributed by atoms with Gasteiger partial charge < -0.3 is 19.3 Å². The summed E-state index contributed by atoms with van der Waals surface area (Å²) < 4.78 is 38.2. The molecule has 0 bridgehead atoms. The van der Waals surface area contributed by atoms with Gasteiger partial charge in [-0.3, -0.25) is 14.0 Å². The van der Waals surface area contributed by atoms with Gasteiger partial charge in [0.15, 0.2) is 0 Å². The number of hydrogen-bond acceptors (Lipinski definition) is 9. The number of rotatable bonds is 7. The zero-order valence-corrected chi connectivity index (χ0v) is 26.0. The predicted octanol–water partition coefficient (Wildman–Crippen LogP) is 3.38. The third kappa shape index (κ3) is 6.17. The quantitative estimate of drug-likeness (QED) is 0.360. The molecule has 3 aromatic rings. The van der Waals surface area contributed by atoms with Crippen molar-refractivity contribution < 1.29 is 32.3 Å². The Kier molecular flexibility index (Phi) is 8.36. The molecule has 13 heteroatoms. The number of carbonyl (C=O) groups excluding carboxylic acids is 3. The standard InChI is InChI=1S/C32H35N5O7S/c1-22-17-23(2)29(33-19-22)34-12-14-35(15-13-34)30(38)27-10-9-25(18-28(27)36-11-6-16-45(36,41)42)37-26(21-44-32(37)40)20-43-31(39)24-7-4-3-5-8-24/h3-5,7-10,17-19,26H,6,11-16,20-21H2,1-2H3. The average Bonchev–Trinajstić information content (AvgIpc) is 3.60. The Morgan fingerprint density at radius 2 is 1.76 bits per heavy atom. The predicted molar refractivity (Wildman–Crippen MR) is 168 cm³/mol. The van der Waals surface area contributed by atoms with Crippen LogP contribution in [0.4, 0.5) is 22.0 Å². The van der Waals surface area contributed by atoms with Gasteiger partial charge in [-0.15, -0.1) is 0 Å². The first-order valence-electron chi connectivity index (χ1n) is 14.9. The number of aryl methyl sites for hydroxylation is 2. The number of carbonyl (C=O) groups is 3. The van der Waals surface area contributed by atoms with Gasteiger partial charge in [0.2, 0.25) is 10.0 Å². The van der Waals surface area contributed by atoms with Crippen LogP contribution < -0.4 is 14.1 Å². The lowest BCUT2D eigenvalue weighted by Crippen LogP contribution is -2.49. The maximum Gasteiger partial charge on any atom is 0.414 e. The SMILES string of the molecule is Cc1cnc(N2CCN(C(=O)c3ccc(N4C(=O)OCC4COC(=O)c4ccccc4)cc3N3CCCS3(=O)=O)CC2)c(C)c1. The fourth-order valence-electron chi connectivity index (χ4n) is 6.03. The number of amides is 2. The maximum atomic E-state index is 13.9. The van der Waals surface area contributed by atoms with Gasteiger partial charge in [-0.2, -0.15) is 0 Å². The summed E-state index contributed by atoms with van der Waals surface area (Å²) in [5.41, 5.74) is 3.33. The van der Waals surface area contributed by atoms with Gasteiger partial charge in [-0.05, 0) is 61.7 Å². The molecule has 1 aromatic heterocycles. The monoisotopic (exact) mass is 633 g/mol. The number of benzene rings is 2. The average molecular weight is 634 g/mol. The van der Waals surface area contributed by atoms with Crippen LogP contribution in [0.5, 0.6) is 0 Å². The minimum absolute atomic E-state index is 0.0154. The Morgan fingerprint density at radius 3 is 2.44 bits per heavy atom. The highest BCUT2D eigenvalue weighted by atomic mass is 32.2. The molecule has 45 heavy (non-hydrogen) atoms. The topological polar surface area (TPSA) is 130 Å². The minimum atomic E-state index is -3.66. The van der Waals surface area contributed by atoms with E-state index >= 15 is 0 Å². The molecule has 236 valence electrons. The van der Waals surface area contributed by atoms with E-state index in [0.29, 0.717) is 43.9 Å². The second kappa shape index (κ2) is 12.4. The van der Waals surface area contributed by atoms with E-state index in [-0.39, 0.29) is 42.7 Å². The summed E-state index contributed by atoms with van der Waals surface area (Å²) >= 11 is 0. The van der Waals surface area contributed by atoms with Gasteiger partial charge in [-0.1, -0.05) is 24.3 Å². The van der Waals surface area contributed by atoms with Gasteiger partial charge in [0.1, 0.15) is 25.1 Å². The first-order chi connectivity index (χ1) is 21.6. The van der Waals surface area contributed by atoms with Gasteiger partial charge in [0.25, 0.3) is 5.91 Å². The molecule has 6 rings (SSSR count). The van der Waals surface area contributed by atoms with Crippen LogP contribution in [0, 0.1) is 13.8 Å². The Morgan fingerprint density at radius 1 is 1.00 bits per heavy atom. The molecule has 2 amide bonds. The molecule has 12 nitrogen and oxygen atoms in total. The van der Waals surface area contributed by atoms with Crippen LogP contribution in [0.15, 0.2) is 60.8 Å². The van der Waals surface area contributed by atoms with Crippen molar-refractivity contribution in [2.45, 2.75) is 26.3 Å². The fraction of sp³-hybridized carbons (Fsp3) is 0.375. The number of esters is 1. The summed E-state index contributed by atoms with van der Waals surface area (Å²) in [7, 11) is -3.66. The van der Waals surface area contributed by atoms with E-state index in [9.17, 15) is 22.8 Å². The van der Waals surface area contributed by atoms with E-state index in [1.54, 1.807) is 53.4 Å². The summed E-state index contributed by atoms with van der Waals surface area (Å²) in [6.07, 6.45) is 1.60. The zero-order chi connectivity index (χ0) is 31.7. The molecule has 3 aliphatic heterocycles. The van der Waals surface area contributed by atoms with Gasteiger partial charge >= 0.3 is 12.1 Å². The molecule has 0 radical (unpaired) electrons. The van der Waals surface area contributed by atoms with Crippen molar-refractivity contribution in [1.82, 2.24) is 9.88 Å². The smallest absolute Gasteiger partial charge is 0.414 e. The molecular formula is C32H35N5O7S. The van der Waals surface area contributed by atoms with Crippen LogP contribution in [0.25, 0.3) is 0 Å². The second-order valence-corrected chi connectivity index (χ2v) is 13.5. The zero-order valence-electron chi connectivity index (χ0n) is 25.2. The van der Waals surface area contributed by atoms with E-state index in [4.69, 9.17) is 9.47 Å². The maximum absolute atomic E-state index is 13.9. The fourth-order valence-corrected chi connectivity index (χ4v) is 7.60. The van der Waals surface area contributed by atoms with Crippen LogP contribution in [0.1, 0.15) is 38.3 Å². The van der Waals surface area contributed by atoms with Crippen LogP contribution in [0.3, 0.4) is 0 Å². The van der Waals surface area contributed by atoms with Crippen molar-refractivity contribution in [3.63, 3.8) is 0 Å². The van der Waals surface area contributed by atoms with Crippen LogP contribution in [-0.4, -0.2) is 94.0 Å². The summed E-state index contributed by atoms with van der Waals surface area (Å²) in [5.74, 6) is 0.0377. The molecule has 1 atom stereocenters. The number of aromatic nitrogens is 1. The van der Waals surface area contributed by atoms with E-state index < -0.39 is 28.1 Å². The van der Waals surface area contributed by atoms with Crippen LogP contribution in [0.2, 0.25) is 0 Å². The minimum Gasteiger partial charge on any atom is -0.460 e. The molecule has 0 spiro atoms. The van der Waals surface area contributed by atoms with Crippen molar-refractivity contribution in [2.75, 3.05) is 65.8 Å². The van der Waals surface area contributed by atoms with Crippen molar-refractivity contribution in [3.8, 4) is 0 Å². The highest BCUT2D eigenvalue weighted by molar-refractivity contribution is 7.93. The number of nitrogens with zero attached hydrogens (tertiary/aromatic N) is 5. The van der Waals surface area contributed by atoms with Crippen molar-refractivity contribution in [2.24, 2.45) is 0 Å². The van der Waals surface area contributed by atoms with Gasteiger partial charge in [0, 0.05) is 44.6 Å². The number of piperazine rings is 1. The third-order valence-corrected chi connectivity index (χ3v) is 10.1. The number of sulfonamides is 1. The molecule has 3 saturated heterocycles. The largest absolute Gasteiger partial charge is 0.460 e. The van der Waals surface area contributed by atoms with Crippen LogP contribution >= 0.6 is 0 Å². The summed E-state index contributed by atoms with van der Waals surface area (Å²) in [5, 5.41) is 0. The van der Waals surface area contributed by atoms with Crippen LogP contribution in [-0.2, 0) is 19.5 Å². The number of pyridine rings is 1. The first kappa shape index (κ1) is 30.4. The number of ether oxygens (including phenoxy) is 2.